The Morgan fingerprint density at radius 1 is 0.929 bits per heavy atom. The summed E-state index contributed by atoms with van der Waals surface area (Å²) in [5.41, 5.74) is 7.94. The highest BCUT2D eigenvalue weighted by molar-refractivity contribution is 7.90. The maximum Gasteiger partial charge on any atom is 0.343 e. The molecule has 372 valence electrons. The van der Waals surface area contributed by atoms with Gasteiger partial charge in [-0.25, -0.2) is 28.2 Å². The molecule has 4 amide bonds. The van der Waals surface area contributed by atoms with Crippen molar-refractivity contribution in [2.45, 2.75) is 115 Å². The number of pyridine rings is 2. The summed E-state index contributed by atoms with van der Waals surface area (Å²) in [4.78, 5) is 90.3. The molecule has 6 heterocycles. The number of ether oxygens (including phenoxy) is 3. The van der Waals surface area contributed by atoms with Gasteiger partial charge in [-0.15, -0.1) is 0 Å². The van der Waals surface area contributed by atoms with E-state index in [0.29, 0.717) is 85.5 Å². The number of nitrogens with two attached hydrogens (primary N) is 1. The lowest BCUT2D eigenvalue weighted by atomic mass is 9.86. The summed E-state index contributed by atoms with van der Waals surface area (Å²) in [6.07, 6.45) is 6.95. The number of unbranched alkanes of at least 4 members (excludes halogenated alkanes) is 2. The molecule has 22 heteroatoms. The number of nitrogens with one attached hydrogen (secondary N) is 4. The first-order chi connectivity index (χ1) is 33.4. The van der Waals surface area contributed by atoms with E-state index in [9.17, 15) is 42.3 Å². The van der Waals surface area contributed by atoms with Gasteiger partial charge in [0.15, 0.2) is 17.1 Å². The topological polar surface area (TPSA) is 302 Å². The Kier molecular flexibility index (Phi) is 15.8. The van der Waals surface area contributed by atoms with Gasteiger partial charge < -0.3 is 50.9 Å². The van der Waals surface area contributed by atoms with Crippen LogP contribution in [0.25, 0.3) is 22.3 Å². The number of cyclic esters (lactones) is 1. The number of aryl methyl sites for hydroxylation is 1. The summed E-state index contributed by atoms with van der Waals surface area (Å²) < 4.78 is 41.1. The van der Waals surface area contributed by atoms with Crippen LogP contribution >= 0.6 is 0 Å². The minimum atomic E-state index is -3.51. The predicted molar refractivity (Wildman–Crippen MR) is 252 cm³/mol. The van der Waals surface area contributed by atoms with Gasteiger partial charge in [0.2, 0.25) is 45.4 Å². The molecule has 3 aliphatic rings. The minimum Gasteiger partial charge on any atom is -0.458 e. The first-order valence-corrected chi connectivity index (χ1v) is 25.1. The van der Waals surface area contributed by atoms with Crippen LogP contribution in [-0.4, -0.2) is 107 Å². The number of aromatic nitrogens is 4. The maximum absolute atomic E-state index is 13.9. The van der Waals surface area contributed by atoms with E-state index in [4.69, 9.17) is 24.9 Å². The third-order valence-electron chi connectivity index (χ3n) is 12.4. The van der Waals surface area contributed by atoms with Crippen LogP contribution in [0.1, 0.15) is 100.0 Å². The number of carbonyl (C=O) groups is 5. The standard InChI is InChI=1S/C48H57N9O12S/c1-5-48(64)33-19-36-42-31(24-57(36)45(62)32(33)25-67-46(48)63)29(30-18-37-38(69-26-68-37)20-35(30)55-42)13-11-17-50-40(59)23-52-43(60)34(49)14-9-10-16-51-44(61)41(27(2)3)56-39(58)15-8-6-7-12-28-21-53-47(54-22-28)70(4,65)66/h18-22,27,34,41,64H,5-6,8-11,13-17,23-26,49H2,1-4H3,(H,50,59)(H,51,61)(H,52,60)(H,56,58)/t34?,41?,48-/m0/s1. The predicted octanol–water partition coefficient (Wildman–Crippen LogP) is 1.14. The fourth-order valence-electron chi connectivity index (χ4n) is 8.49. The number of carbonyl (C=O) groups excluding carboxylic acids is 5. The number of fused-ring (bicyclic) bond motifs is 6. The number of nitrogens with zero attached hydrogens (tertiary/aromatic N) is 4. The van der Waals surface area contributed by atoms with Gasteiger partial charge in [0.05, 0.1) is 47.2 Å². The number of rotatable bonds is 20. The highest BCUT2D eigenvalue weighted by Gasteiger charge is 2.45. The molecule has 0 saturated carbocycles. The fraction of sp³-hybridized carbons (Fsp3) is 0.479. The molecule has 0 spiro atoms. The summed E-state index contributed by atoms with van der Waals surface area (Å²) in [6.45, 7) is 5.59. The quantitative estimate of drug-likeness (QED) is 0.0276. The van der Waals surface area contributed by atoms with Crippen molar-refractivity contribution in [1.82, 2.24) is 40.8 Å². The number of sulfone groups is 1. The largest absolute Gasteiger partial charge is 0.458 e. The van der Waals surface area contributed by atoms with Crippen molar-refractivity contribution in [3.63, 3.8) is 0 Å². The Morgan fingerprint density at radius 3 is 2.37 bits per heavy atom. The van der Waals surface area contributed by atoms with E-state index in [2.05, 4.69) is 43.1 Å². The fourth-order valence-corrected chi connectivity index (χ4v) is 8.98. The van der Waals surface area contributed by atoms with Crippen LogP contribution in [0.5, 0.6) is 11.5 Å². The van der Waals surface area contributed by atoms with Crippen molar-refractivity contribution < 1.29 is 51.7 Å². The normalized spacial score (nSPS) is 16.2. The third kappa shape index (κ3) is 11.4. The molecular formula is C48H57N9O12S. The number of esters is 1. The zero-order valence-corrected chi connectivity index (χ0v) is 40.3. The van der Waals surface area contributed by atoms with E-state index in [-0.39, 0.29) is 85.5 Å². The van der Waals surface area contributed by atoms with Crippen molar-refractivity contribution in [1.29, 1.82) is 0 Å². The van der Waals surface area contributed by atoms with Gasteiger partial charge in [0, 0.05) is 67.2 Å². The number of aliphatic hydroxyl groups is 1. The molecule has 2 unspecified atom stereocenters. The van der Waals surface area contributed by atoms with Crippen molar-refractivity contribution in [2.75, 3.05) is 32.7 Å². The lowest BCUT2D eigenvalue weighted by Crippen LogP contribution is -2.49. The van der Waals surface area contributed by atoms with Crippen LogP contribution < -0.4 is 42.0 Å². The zero-order chi connectivity index (χ0) is 50.3. The molecule has 7 rings (SSSR count). The van der Waals surface area contributed by atoms with Crippen LogP contribution in [0, 0.1) is 17.8 Å². The van der Waals surface area contributed by atoms with Crippen molar-refractivity contribution in [3.05, 3.63) is 68.8 Å². The Balaban J connectivity index is 0.829. The van der Waals surface area contributed by atoms with Crippen LogP contribution in [0.4, 0.5) is 0 Å². The Bertz CT molecular complexity index is 2950. The molecule has 70 heavy (non-hydrogen) atoms. The number of hydrogen-bond donors (Lipinski definition) is 6. The number of benzene rings is 1. The Hall–Kier alpha value is -6.96. The van der Waals surface area contributed by atoms with Gasteiger partial charge >= 0.3 is 5.97 Å². The molecule has 0 radical (unpaired) electrons. The first kappa shape index (κ1) is 50.9. The van der Waals surface area contributed by atoms with Gasteiger partial charge in [0.1, 0.15) is 12.6 Å². The average molecular weight is 984 g/mol. The maximum atomic E-state index is 13.9. The second-order valence-electron chi connectivity index (χ2n) is 17.8. The monoisotopic (exact) mass is 983 g/mol. The van der Waals surface area contributed by atoms with Gasteiger partial charge in [-0.3, -0.25) is 24.0 Å². The van der Waals surface area contributed by atoms with Crippen LogP contribution in [0.3, 0.4) is 0 Å². The van der Waals surface area contributed by atoms with E-state index in [1.807, 2.05) is 19.9 Å². The van der Waals surface area contributed by atoms with Gasteiger partial charge in [-0.05, 0) is 68.6 Å². The van der Waals surface area contributed by atoms with Crippen LogP contribution in [0.2, 0.25) is 0 Å². The molecular weight excluding hydrogens is 927 g/mol. The lowest BCUT2D eigenvalue weighted by molar-refractivity contribution is -0.172. The molecule has 4 aromatic rings. The SMILES string of the molecule is CC[C@@]1(O)C(=O)OCc2c1cc1n(c2=O)Cc2c-1nc1cc3c(cc1c2CCCNC(=O)CNC(=O)C(N)CCCCNC(=O)C(NC(=O)CCCC#Cc1cnc(S(C)(=O)=O)nc1)C(C)C)OCO3. The highest BCUT2D eigenvalue weighted by Crippen LogP contribution is 2.43. The van der Waals surface area contributed by atoms with Crippen LogP contribution in [-0.2, 0) is 63.7 Å². The second kappa shape index (κ2) is 21.8. The molecule has 0 aliphatic carbocycles. The average Bonchev–Trinajstić information content (AvgIpc) is 3.95. The van der Waals surface area contributed by atoms with Crippen molar-refractivity contribution in [3.8, 4) is 34.7 Å². The minimum absolute atomic E-state index is 0.0161. The van der Waals surface area contributed by atoms with Crippen molar-refractivity contribution in [2.24, 2.45) is 11.7 Å². The molecule has 0 saturated heterocycles. The van der Waals surface area contributed by atoms with Gasteiger partial charge in [-0.2, -0.15) is 0 Å². The van der Waals surface area contributed by atoms with Gasteiger partial charge in [-0.1, -0.05) is 32.6 Å². The first-order valence-electron chi connectivity index (χ1n) is 23.2. The number of hydrogen-bond acceptors (Lipinski definition) is 16. The number of amides is 4. The van der Waals surface area contributed by atoms with E-state index in [1.165, 1.54) is 12.4 Å². The summed E-state index contributed by atoms with van der Waals surface area (Å²) >= 11 is 0. The smallest absolute Gasteiger partial charge is 0.343 e. The molecule has 7 N–H and O–H groups in total. The van der Waals surface area contributed by atoms with E-state index >= 15 is 0 Å². The molecule has 3 aliphatic heterocycles. The Labute approximate surface area is 404 Å². The van der Waals surface area contributed by atoms with E-state index < -0.39 is 45.3 Å². The van der Waals surface area contributed by atoms with Gasteiger partial charge in [0.25, 0.3) is 5.56 Å². The third-order valence-corrected chi connectivity index (χ3v) is 13.3. The molecule has 1 aromatic carbocycles. The molecule has 0 fully saturated rings. The zero-order valence-electron chi connectivity index (χ0n) is 39.4. The van der Waals surface area contributed by atoms with E-state index in [1.54, 1.807) is 23.6 Å². The summed E-state index contributed by atoms with van der Waals surface area (Å²) in [5, 5.41) is 22.9. The van der Waals surface area contributed by atoms with Crippen LogP contribution in [0.15, 0.2) is 40.5 Å². The second-order valence-corrected chi connectivity index (χ2v) is 19.7. The Morgan fingerprint density at radius 2 is 1.66 bits per heavy atom. The lowest BCUT2D eigenvalue weighted by Gasteiger charge is -2.31. The molecule has 3 atom stereocenters. The van der Waals surface area contributed by atoms with Crippen molar-refractivity contribution >= 4 is 50.3 Å². The summed E-state index contributed by atoms with van der Waals surface area (Å²) in [6, 6.07) is 3.66. The summed E-state index contributed by atoms with van der Waals surface area (Å²) in [5.74, 6) is 4.30. The molecule has 3 aromatic heterocycles. The molecule has 21 nitrogen and oxygen atoms in total. The highest BCUT2D eigenvalue weighted by atomic mass is 32.2. The summed E-state index contributed by atoms with van der Waals surface area (Å²) in [7, 11) is -3.51. The molecule has 0 bridgehead atoms. The van der Waals surface area contributed by atoms with E-state index in [0.717, 1.165) is 22.8 Å².